The first-order chi connectivity index (χ1) is 6.95. The summed E-state index contributed by atoms with van der Waals surface area (Å²) in [7, 11) is 0. The van der Waals surface area contributed by atoms with Crippen molar-refractivity contribution in [2.45, 2.75) is 32.0 Å². The molecule has 1 aliphatic heterocycles. The molecule has 1 amide bonds. The highest BCUT2D eigenvalue weighted by atomic mass is 19.4. The van der Waals surface area contributed by atoms with Crippen LogP contribution in [0.15, 0.2) is 0 Å². The lowest BCUT2D eigenvalue weighted by atomic mass is 10.2. The molecular formula is C9H15F3N2O. The Labute approximate surface area is 86.6 Å². The summed E-state index contributed by atoms with van der Waals surface area (Å²) in [6, 6.07) is 0.0104. The molecule has 1 saturated heterocycles. The predicted octanol–water partition coefficient (Wildman–Crippen LogP) is 1.15. The molecule has 6 heteroatoms. The molecule has 0 aromatic carbocycles. The van der Waals surface area contributed by atoms with Crippen LogP contribution in [-0.2, 0) is 4.79 Å². The first kappa shape index (κ1) is 12.3. The molecule has 0 spiro atoms. The van der Waals surface area contributed by atoms with Crippen LogP contribution in [0.3, 0.4) is 0 Å². The number of amides is 1. The third-order valence-corrected chi connectivity index (χ3v) is 2.51. The van der Waals surface area contributed by atoms with Crippen molar-refractivity contribution < 1.29 is 18.0 Å². The van der Waals surface area contributed by atoms with Gasteiger partial charge in [0.25, 0.3) is 0 Å². The zero-order valence-electron chi connectivity index (χ0n) is 8.60. The molecule has 1 rings (SSSR count). The molecule has 0 aliphatic carbocycles. The molecule has 0 aromatic rings. The van der Waals surface area contributed by atoms with E-state index >= 15 is 0 Å². The molecule has 1 atom stereocenters. The van der Waals surface area contributed by atoms with E-state index in [0.717, 1.165) is 24.3 Å². The highest BCUT2D eigenvalue weighted by Gasteiger charge is 2.42. The Kier molecular flexibility index (Phi) is 3.96. The predicted molar refractivity (Wildman–Crippen MR) is 49.3 cm³/mol. The van der Waals surface area contributed by atoms with Crippen molar-refractivity contribution in [2.24, 2.45) is 0 Å². The molecule has 1 unspecified atom stereocenters. The first-order valence-corrected chi connectivity index (χ1v) is 5.04. The van der Waals surface area contributed by atoms with Crippen LogP contribution >= 0.6 is 0 Å². The first-order valence-electron chi connectivity index (χ1n) is 5.04. The van der Waals surface area contributed by atoms with Gasteiger partial charge in [0, 0.05) is 19.1 Å². The summed E-state index contributed by atoms with van der Waals surface area (Å²) in [6.45, 7) is 2.62. The lowest BCUT2D eigenvalue weighted by Crippen LogP contribution is -2.46. The molecule has 0 radical (unpaired) electrons. The number of nitrogens with one attached hydrogen (secondary N) is 1. The van der Waals surface area contributed by atoms with E-state index in [1.54, 1.807) is 6.92 Å². The van der Waals surface area contributed by atoms with Crippen molar-refractivity contribution >= 4 is 5.91 Å². The summed E-state index contributed by atoms with van der Waals surface area (Å²) >= 11 is 0. The normalized spacial score (nSPS) is 21.7. The van der Waals surface area contributed by atoms with E-state index in [1.807, 2.05) is 0 Å². The molecule has 3 nitrogen and oxygen atoms in total. The molecule has 1 aliphatic rings. The average molecular weight is 224 g/mol. The lowest BCUT2D eigenvalue weighted by Gasteiger charge is -2.25. The van der Waals surface area contributed by atoms with Gasteiger partial charge in [-0.1, -0.05) is 0 Å². The van der Waals surface area contributed by atoms with Crippen LogP contribution in [0.5, 0.6) is 0 Å². The fourth-order valence-electron chi connectivity index (χ4n) is 1.71. The highest BCUT2D eigenvalue weighted by molar-refractivity contribution is 5.81. The van der Waals surface area contributed by atoms with E-state index in [0.29, 0.717) is 0 Å². The van der Waals surface area contributed by atoms with Crippen LogP contribution in [-0.4, -0.2) is 42.7 Å². The van der Waals surface area contributed by atoms with E-state index in [9.17, 15) is 18.0 Å². The summed E-state index contributed by atoms with van der Waals surface area (Å²) in [5, 5.41) is 3.07. The van der Waals surface area contributed by atoms with Crippen molar-refractivity contribution in [3.05, 3.63) is 0 Å². The second kappa shape index (κ2) is 4.83. The SMILES string of the molecule is CCN(CC1CCCN1)C(=O)C(F)(F)F. The number of nitrogens with zero attached hydrogens (tertiary/aromatic N) is 1. The van der Waals surface area contributed by atoms with Gasteiger partial charge in [0.05, 0.1) is 0 Å². The number of rotatable bonds is 3. The summed E-state index contributed by atoms with van der Waals surface area (Å²) in [4.78, 5) is 11.8. The van der Waals surface area contributed by atoms with Gasteiger partial charge in [-0.05, 0) is 26.3 Å². The van der Waals surface area contributed by atoms with Gasteiger partial charge in [0.15, 0.2) is 0 Å². The lowest BCUT2D eigenvalue weighted by molar-refractivity contribution is -0.185. The van der Waals surface area contributed by atoms with Crippen molar-refractivity contribution in [3.8, 4) is 0 Å². The van der Waals surface area contributed by atoms with Crippen LogP contribution in [0, 0.1) is 0 Å². The standard InChI is InChI=1S/C9H15F3N2O/c1-2-14(8(15)9(10,11)12)6-7-4-3-5-13-7/h7,13H,2-6H2,1H3. The zero-order valence-corrected chi connectivity index (χ0v) is 8.60. The van der Waals surface area contributed by atoms with E-state index < -0.39 is 12.1 Å². The Morgan fingerprint density at radius 1 is 1.53 bits per heavy atom. The van der Waals surface area contributed by atoms with E-state index in [2.05, 4.69) is 5.32 Å². The van der Waals surface area contributed by atoms with Crippen molar-refractivity contribution in [2.75, 3.05) is 19.6 Å². The largest absolute Gasteiger partial charge is 0.471 e. The molecule has 1 N–H and O–H groups in total. The van der Waals surface area contributed by atoms with Gasteiger partial charge in [0.2, 0.25) is 0 Å². The van der Waals surface area contributed by atoms with Gasteiger partial charge in [-0.15, -0.1) is 0 Å². The number of carbonyl (C=O) groups excluding carboxylic acids is 1. The van der Waals surface area contributed by atoms with Crippen molar-refractivity contribution in [1.82, 2.24) is 10.2 Å². The van der Waals surface area contributed by atoms with Crippen LogP contribution in [0.1, 0.15) is 19.8 Å². The number of carbonyl (C=O) groups is 1. The Morgan fingerprint density at radius 3 is 2.60 bits per heavy atom. The maximum atomic E-state index is 12.1. The molecule has 0 aromatic heterocycles. The van der Waals surface area contributed by atoms with Gasteiger partial charge in [-0.3, -0.25) is 4.79 Å². The Bertz CT molecular complexity index is 224. The van der Waals surface area contributed by atoms with E-state index in [-0.39, 0.29) is 19.1 Å². The van der Waals surface area contributed by atoms with Crippen LogP contribution in [0.25, 0.3) is 0 Å². The fraction of sp³-hybridized carbons (Fsp3) is 0.889. The smallest absolute Gasteiger partial charge is 0.334 e. The van der Waals surface area contributed by atoms with Crippen LogP contribution < -0.4 is 5.32 Å². The molecule has 88 valence electrons. The van der Waals surface area contributed by atoms with Gasteiger partial charge >= 0.3 is 12.1 Å². The topological polar surface area (TPSA) is 32.3 Å². The van der Waals surface area contributed by atoms with Gasteiger partial charge < -0.3 is 10.2 Å². The molecule has 1 heterocycles. The summed E-state index contributed by atoms with van der Waals surface area (Å²) in [5.74, 6) is -1.74. The Hall–Kier alpha value is -0.780. The number of hydrogen-bond donors (Lipinski definition) is 1. The van der Waals surface area contributed by atoms with Gasteiger partial charge in [-0.25, -0.2) is 0 Å². The minimum atomic E-state index is -4.76. The average Bonchev–Trinajstić information content (AvgIpc) is 2.64. The minimum Gasteiger partial charge on any atom is -0.334 e. The van der Waals surface area contributed by atoms with Crippen molar-refractivity contribution in [3.63, 3.8) is 0 Å². The molecule has 1 fully saturated rings. The second-order valence-electron chi connectivity index (χ2n) is 3.63. The zero-order chi connectivity index (χ0) is 11.5. The third kappa shape index (κ3) is 3.37. The maximum Gasteiger partial charge on any atom is 0.471 e. The quantitative estimate of drug-likeness (QED) is 0.780. The summed E-state index contributed by atoms with van der Waals surface area (Å²) in [6.07, 6.45) is -2.96. The van der Waals surface area contributed by atoms with E-state index in [4.69, 9.17) is 0 Å². The number of hydrogen-bond acceptors (Lipinski definition) is 2. The molecule has 0 saturated carbocycles. The minimum absolute atomic E-state index is 0.0104. The second-order valence-corrected chi connectivity index (χ2v) is 3.63. The van der Waals surface area contributed by atoms with E-state index in [1.165, 1.54) is 0 Å². The fourth-order valence-corrected chi connectivity index (χ4v) is 1.71. The maximum absolute atomic E-state index is 12.1. The number of halogens is 3. The summed E-state index contributed by atoms with van der Waals surface area (Å²) in [5.41, 5.74) is 0. The molecule has 15 heavy (non-hydrogen) atoms. The monoisotopic (exact) mass is 224 g/mol. The number of alkyl halides is 3. The van der Waals surface area contributed by atoms with Gasteiger partial charge in [-0.2, -0.15) is 13.2 Å². The molecular weight excluding hydrogens is 209 g/mol. The number of likely N-dealkylation sites (N-methyl/N-ethyl adjacent to an activating group) is 1. The van der Waals surface area contributed by atoms with Crippen LogP contribution in [0.4, 0.5) is 13.2 Å². The summed E-state index contributed by atoms with van der Waals surface area (Å²) < 4.78 is 36.4. The third-order valence-electron chi connectivity index (χ3n) is 2.51. The van der Waals surface area contributed by atoms with Gasteiger partial charge in [0.1, 0.15) is 0 Å². The Morgan fingerprint density at radius 2 is 2.20 bits per heavy atom. The molecule has 0 bridgehead atoms. The van der Waals surface area contributed by atoms with Crippen LogP contribution in [0.2, 0.25) is 0 Å². The Balaban J connectivity index is 2.51. The highest BCUT2D eigenvalue weighted by Crippen LogP contribution is 2.19. The van der Waals surface area contributed by atoms with Crippen molar-refractivity contribution in [1.29, 1.82) is 0 Å².